The van der Waals surface area contributed by atoms with Crippen molar-refractivity contribution in [2.75, 3.05) is 0 Å². The van der Waals surface area contributed by atoms with E-state index >= 15 is 0 Å². The summed E-state index contributed by atoms with van der Waals surface area (Å²) in [5.41, 5.74) is 0. The Morgan fingerprint density at radius 3 is 2.06 bits per heavy atom. The summed E-state index contributed by atoms with van der Waals surface area (Å²) < 4.78 is 31.1. The third-order valence-electron chi connectivity index (χ3n) is 2.64. The van der Waals surface area contributed by atoms with E-state index in [9.17, 15) is 18.0 Å². The molecule has 0 heterocycles. The molecular formula is C10H18O7S. The standard InChI is InChI=1S/C10H18O7S/c1-2-3-8(18(15,16)17)6-7(10(13)14)4-5-9(11)12/h7-8H,2-6H2,1H3,(H,11,12)(H,13,14)(H,15,16,17). The Morgan fingerprint density at radius 2 is 1.72 bits per heavy atom. The minimum Gasteiger partial charge on any atom is -0.481 e. The van der Waals surface area contributed by atoms with Crippen LogP contribution in [-0.2, 0) is 19.7 Å². The molecule has 0 aliphatic heterocycles. The summed E-state index contributed by atoms with van der Waals surface area (Å²) in [6.45, 7) is 1.71. The van der Waals surface area contributed by atoms with Gasteiger partial charge in [-0.3, -0.25) is 14.1 Å². The third kappa shape index (κ3) is 6.55. The van der Waals surface area contributed by atoms with Crippen molar-refractivity contribution >= 4 is 22.1 Å². The van der Waals surface area contributed by atoms with Gasteiger partial charge in [0.1, 0.15) is 0 Å². The van der Waals surface area contributed by atoms with Gasteiger partial charge in [0.05, 0.1) is 11.2 Å². The molecule has 106 valence electrons. The molecule has 7 nitrogen and oxygen atoms in total. The number of carboxylic acid groups (broad SMARTS) is 2. The molecule has 0 spiro atoms. The number of carboxylic acids is 2. The zero-order valence-electron chi connectivity index (χ0n) is 10.1. The van der Waals surface area contributed by atoms with Crippen molar-refractivity contribution in [1.82, 2.24) is 0 Å². The summed E-state index contributed by atoms with van der Waals surface area (Å²) in [6.07, 6.45) is -0.137. The molecular weight excluding hydrogens is 264 g/mol. The molecule has 0 aromatic rings. The fraction of sp³-hybridized carbons (Fsp3) is 0.800. The molecule has 0 rings (SSSR count). The van der Waals surface area contributed by atoms with Gasteiger partial charge in [0.2, 0.25) is 0 Å². The van der Waals surface area contributed by atoms with E-state index in [1.165, 1.54) is 0 Å². The van der Waals surface area contributed by atoms with Crippen LogP contribution in [0, 0.1) is 5.92 Å². The molecule has 0 aliphatic carbocycles. The Balaban J connectivity index is 4.72. The Bertz CT molecular complexity index is 387. The summed E-state index contributed by atoms with van der Waals surface area (Å²) in [5, 5.41) is 16.2. The highest BCUT2D eigenvalue weighted by atomic mass is 32.2. The van der Waals surface area contributed by atoms with Crippen LogP contribution in [0.4, 0.5) is 0 Å². The first-order chi connectivity index (χ1) is 8.18. The van der Waals surface area contributed by atoms with Crippen LogP contribution >= 0.6 is 0 Å². The SMILES string of the molecule is CCCC(CC(CCC(=O)O)C(=O)O)S(=O)(=O)O. The van der Waals surface area contributed by atoms with Crippen molar-refractivity contribution < 1.29 is 32.8 Å². The highest BCUT2D eigenvalue weighted by molar-refractivity contribution is 7.86. The minimum atomic E-state index is -4.30. The number of hydrogen-bond acceptors (Lipinski definition) is 4. The summed E-state index contributed by atoms with van der Waals surface area (Å²) in [7, 11) is -4.30. The Kier molecular flexibility index (Phi) is 6.85. The van der Waals surface area contributed by atoms with E-state index in [1.54, 1.807) is 6.92 Å². The van der Waals surface area contributed by atoms with Gasteiger partial charge < -0.3 is 10.2 Å². The van der Waals surface area contributed by atoms with Gasteiger partial charge in [0, 0.05) is 6.42 Å². The van der Waals surface area contributed by atoms with E-state index in [4.69, 9.17) is 14.8 Å². The molecule has 3 N–H and O–H groups in total. The second-order valence-electron chi connectivity index (χ2n) is 4.13. The molecule has 0 radical (unpaired) electrons. The van der Waals surface area contributed by atoms with Crippen LogP contribution in [-0.4, -0.2) is 40.4 Å². The predicted molar refractivity (Wildman–Crippen MR) is 62.9 cm³/mol. The van der Waals surface area contributed by atoms with Crippen molar-refractivity contribution in [2.24, 2.45) is 5.92 Å². The molecule has 0 aromatic carbocycles. The van der Waals surface area contributed by atoms with Crippen LogP contribution in [0.15, 0.2) is 0 Å². The van der Waals surface area contributed by atoms with Gasteiger partial charge in [0.15, 0.2) is 0 Å². The van der Waals surface area contributed by atoms with E-state index < -0.39 is 33.2 Å². The number of carbonyl (C=O) groups is 2. The van der Waals surface area contributed by atoms with Gasteiger partial charge in [-0.05, 0) is 19.3 Å². The number of rotatable bonds is 9. The molecule has 0 bridgehead atoms. The van der Waals surface area contributed by atoms with E-state index in [0.717, 1.165) is 0 Å². The molecule has 2 atom stereocenters. The second kappa shape index (κ2) is 7.32. The lowest BCUT2D eigenvalue weighted by Gasteiger charge is -2.17. The van der Waals surface area contributed by atoms with Crippen LogP contribution in [0.5, 0.6) is 0 Å². The molecule has 0 saturated carbocycles. The average Bonchev–Trinajstić information content (AvgIpc) is 2.20. The normalized spacial score (nSPS) is 15.0. The fourth-order valence-electron chi connectivity index (χ4n) is 1.67. The molecule has 0 aromatic heterocycles. The summed E-state index contributed by atoms with van der Waals surface area (Å²) in [4.78, 5) is 21.3. The maximum Gasteiger partial charge on any atom is 0.306 e. The Labute approximate surface area is 106 Å². The van der Waals surface area contributed by atoms with E-state index in [2.05, 4.69) is 0 Å². The van der Waals surface area contributed by atoms with Crippen molar-refractivity contribution in [3.8, 4) is 0 Å². The van der Waals surface area contributed by atoms with Crippen molar-refractivity contribution in [2.45, 2.75) is 44.3 Å². The zero-order chi connectivity index (χ0) is 14.3. The smallest absolute Gasteiger partial charge is 0.306 e. The molecule has 0 aliphatic rings. The second-order valence-corrected chi connectivity index (χ2v) is 5.83. The minimum absolute atomic E-state index is 0.148. The largest absolute Gasteiger partial charge is 0.481 e. The highest BCUT2D eigenvalue weighted by Gasteiger charge is 2.29. The highest BCUT2D eigenvalue weighted by Crippen LogP contribution is 2.21. The van der Waals surface area contributed by atoms with Gasteiger partial charge in [-0.1, -0.05) is 13.3 Å². The van der Waals surface area contributed by atoms with Crippen molar-refractivity contribution in [3.63, 3.8) is 0 Å². The Morgan fingerprint density at radius 1 is 1.17 bits per heavy atom. The molecule has 18 heavy (non-hydrogen) atoms. The third-order valence-corrected chi connectivity index (χ3v) is 3.91. The van der Waals surface area contributed by atoms with Gasteiger partial charge in [-0.2, -0.15) is 8.42 Å². The first kappa shape index (κ1) is 16.9. The first-order valence-electron chi connectivity index (χ1n) is 5.59. The molecule has 0 fully saturated rings. The maximum atomic E-state index is 11.1. The van der Waals surface area contributed by atoms with Crippen molar-refractivity contribution in [3.05, 3.63) is 0 Å². The van der Waals surface area contributed by atoms with Gasteiger partial charge in [-0.15, -0.1) is 0 Å². The van der Waals surface area contributed by atoms with Crippen LogP contribution < -0.4 is 0 Å². The molecule has 8 heteroatoms. The number of hydrogen-bond donors (Lipinski definition) is 3. The van der Waals surface area contributed by atoms with E-state index in [0.29, 0.717) is 6.42 Å². The summed E-state index contributed by atoms with van der Waals surface area (Å²) >= 11 is 0. The first-order valence-corrected chi connectivity index (χ1v) is 7.09. The molecule has 0 amide bonds. The summed E-state index contributed by atoms with van der Waals surface area (Å²) in [6, 6.07) is 0. The van der Waals surface area contributed by atoms with Gasteiger partial charge in [0.25, 0.3) is 10.1 Å². The van der Waals surface area contributed by atoms with Crippen LogP contribution in [0.2, 0.25) is 0 Å². The fourth-order valence-corrected chi connectivity index (χ4v) is 2.68. The lowest BCUT2D eigenvalue weighted by molar-refractivity contribution is -0.143. The van der Waals surface area contributed by atoms with Gasteiger partial charge >= 0.3 is 11.9 Å². The van der Waals surface area contributed by atoms with Crippen LogP contribution in [0.3, 0.4) is 0 Å². The number of aliphatic carboxylic acids is 2. The van der Waals surface area contributed by atoms with E-state index in [-0.39, 0.29) is 25.7 Å². The lowest BCUT2D eigenvalue weighted by atomic mass is 9.96. The van der Waals surface area contributed by atoms with Crippen LogP contribution in [0.1, 0.15) is 39.0 Å². The Hall–Kier alpha value is -1.15. The molecule has 2 unspecified atom stereocenters. The van der Waals surface area contributed by atoms with E-state index in [1.807, 2.05) is 0 Å². The quantitative estimate of drug-likeness (QED) is 0.538. The van der Waals surface area contributed by atoms with Crippen molar-refractivity contribution in [1.29, 1.82) is 0 Å². The zero-order valence-corrected chi connectivity index (χ0v) is 10.9. The summed E-state index contributed by atoms with van der Waals surface area (Å²) in [5.74, 6) is -3.47. The van der Waals surface area contributed by atoms with Gasteiger partial charge in [-0.25, -0.2) is 0 Å². The topological polar surface area (TPSA) is 129 Å². The van der Waals surface area contributed by atoms with Crippen LogP contribution in [0.25, 0.3) is 0 Å². The molecule has 0 saturated heterocycles. The monoisotopic (exact) mass is 282 g/mol. The predicted octanol–water partition coefficient (Wildman–Crippen LogP) is 0.999. The lowest BCUT2D eigenvalue weighted by Crippen LogP contribution is -2.27. The maximum absolute atomic E-state index is 11.1. The average molecular weight is 282 g/mol.